The van der Waals surface area contributed by atoms with Crippen molar-refractivity contribution in [2.24, 2.45) is 0 Å². The molecule has 4 rings (SSSR count). The Morgan fingerprint density at radius 1 is 0.800 bits per heavy atom. The number of hydrogen-bond donors (Lipinski definition) is 1. The van der Waals surface area contributed by atoms with Gasteiger partial charge < -0.3 is 19.2 Å². The molecule has 0 spiro atoms. The number of carbonyl (C=O) groups excluding carboxylic acids is 1. The van der Waals surface area contributed by atoms with E-state index in [2.05, 4.69) is 4.98 Å². The third-order valence-electron chi connectivity index (χ3n) is 4.49. The standard InChI is InChI=1S/C19H15NO5/c1-23-9-4-5-10-11(6-9)18(21)16-12-7-14(24-2)15(25-3)8-13(12)20-19(22)17(10)16/h4-8H,1-3H3,(H,20,22). The van der Waals surface area contributed by atoms with Crippen molar-refractivity contribution in [2.75, 3.05) is 21.3 Å². The average Bonchev–Trinajstić information content (AvgIpc) is 2.94. The minimum Gasteiger partial charge on any atom is -0.497 e. The minimum absolute atomic E-state index is 0.202. The van der Waals surface area contributed by atoms with E-state index in [1.807, 2.05) is 0 Å². The second kappa shape index (κ2) is 5.37. The van der Waals surface area contributed by atoms with Gasteiger partial charge in [0, 0.05) is 22.6 Å². The monoisotopic (exact) mass is 337 g/mol. The zero-order valence-electron chi connectivity index (χ0n) is 13.9. The van der Waals surface area contributed by atoms with Gasteiger partial charge in [-0.15, -0.1) is 0 Å². The first kappa shape index (κ1) is 15.3. The van der Waals surface area contributed by atoms with Gasteiger partial charge in [0.05, 0.1) is 32.4 Å². The maximum atomic E-state index is 13.0. The molecule has 0 radical (unpaired) electrons. The molecule has 6 heteroatoms. The number of aromatic amines is 1. The largest absolute Gasteiger partial charge is 0.497 e. The van der Waals surface area contributed by atoms with E-state index in [-0.39, 0.29) is 11.3 Å². The molecule has 0 atom stereocenters. The Bertz CT molecular complexity index is 1100. The molecule has 1 aliphatic rings. The highest BCUT2D eigenvalue weighted by Crippen LogP contribution is 2.41. The van der Waals surface area contributed by atoms with Gasteiger partial charge in [0.15, 0.2) is 17.3 Å². The van der Waals surface area contributed by atoms with Crippen LogP contribution >= 0.6 is 0 Å². The normalized spacial score (nSPS) is 12.0. The van der Waals surface area contributed by atoms with Crippen molar-refractivity contribution in [3.05, 3.63) is 51.8 Å². The van der Waals surface area contributed by atoms with Crippen LogP contribution in [0.15, 0.2) is 35.1 Å². The SMILES string of the molecule is COc1ccc2c(c1)C(=O)c1c-2c(=O)[nH]c2cc(OC)c(OC)cc12. The first-order valence-electron chi connectivity index (χ1n) is 7.64. The molecule has 0 unspecified atom stereocenters. The molecule has 1 N–H and O–H groups in total. The summed E-state index contributed by atoms with van der Waals surface area (Å²) in [6, 6.07) is 8.50. The van der Waals surface area contributed by atoms with E-state index in [0.29, 0.717) is 50.4 Å². The first-order chi connectivity index (χ1) is 12.1. The Kier molecular flexibility index (Phi) is 3.28. The summed E-state index contributed by atoms with van der Waals surface area (Å²) >= 11 is 0. The maximum absolute atomic E-state index is 13.0. The van der Waals surface area contributed by atoms with Gasteiger partial charge in [-0.3, -0.25) is 9.59 Å². The van der Waals surface area contributed by atoms with Gasteiger partial charge >= 0.3 is 0 Å². The molecular weight excluding hydrogens is 322 g/mol. The fourth-order valence-electron chi connectivity index (χ4n) is 3.31. The van der Waals surface area contributed by atoms with Crippen LogP contribution in [-0.2, 0) is 0 Å². The van der Waals surface area contributed by atoms with Crippen LogP contribution in [0.4, 0.5) is 0 Å². The molecule has 0 amide bonds. The Morgan fingerprint density at radius 3 is 2.20 bits per heavy atom. The molecule has 2 aromatic carbocycles. The molecule has 1 aliphatic carbocycles. The first-order valence-corrected chi connectivity index (χ1v) is 7.64. The number of benzene rings is 2. The van der Waals surface area contributed by atoms with Crippen molar-refractivity contribution in [1.82, 2.24) is 4.98 Å². The van der Waals surface area contributed by atoms with Crippen LogP contribution in [0.5, 0.6) is 17.2 Å². The van der Waals surface area contributed by atoms with Gasteiger partial charge in [-0.1, -0.05) is 0 Å². The summed E-state index contributed by atoms with van der Waals surface area (Å²) < 4.78 is 15.8. The van der Waals surface area contributed by atoms with E-state index in [1.165, 1.54) is 21.3 Å². The molecule has 126 valence electrons. The predicted octanol–water partition coefficient (Wildman–Crippen LogP) is 2.77. The van der Waals surface area contributed by atoms with E-state index in [0.717, 1.165) is 0 Å². The van der Waals surface area contributed by atoms with Crippen LogP contribution in [0.3, 0.4) is 0 Å². The van der Waals surface area contributed by atoms with Crippen molar-refractivity contribution in [2.45, 2.75) is 0 Å². The quantitative estimate of drug-likeness (QED) is 0.622. The summed E-state index contributed by atoms with van der Waals surface area (Å²) in [6.45, 7) is 0. The van der Waals surface area contributed by atoms with Crippen molar-refractivity contribution < 1.29 is 19.0 Å². The summed E-state index contributed by atoms with van der Waals surface area (Å²) in [5, 5.41) is 0.618. The van der Waals surface area contributed by atoms with E-state index >= 15 is 0 Å². The molecule has 6 nitrogen and oxygen atoms in total. The Morgan fingerprint density at radius 2 is 1.52 bits per heavy atom. The number of H-pyrrole nitrogens is 1. The lowest BCUT2D eigenvalue weighted by atomic mass is 10.0. The maximum Gasteiger partial charge on any atom is 0.257 e. The zero-order valence-corrected chi connectivity index (χ0v) is 13.9. The summed E-state index contributed by atoms with van der Waals surface area (Å²) in [6.07, 6.45) is 0. The lowest BCUT2D eigenvalue weighted by molar-refractivity contribution is 0.104. The second-order valence-corrected chi connectivity index (χ2v) is 5.70. The summed E-state index contributed by atoms with van der Waals surface area (Å²) in [4.78, 5) is 28.5. The molecule has 25 heavy (non-hydrogen) atoms. The van der Waals surface area contributed by atoms with Gasteiger partial charge in [0.1, 0.15) is 5.75 Å². The molecule has 1 aromatic heterocycles. The number of hydrogen-bond acceptors (Lipinski definition) is 5. The van der Waals surface area contributed by atoms with E-state index in [9.17, 15) is 9.59 Å². The second-order valence-electron chi connectivity index (χ2n) is 5.70. The number of fused-ring (bicyclic) bond motifs is 5. The molecule has 0 fully saturated rings. The van der Waals surface area contributed by atoms with Gasteiger partial charge in [0.2, 0.25) is 0 Å². The number of pyridine rings is 1. The van der Waals surface area contributed by atoms with E-state index < -0.39 is 0 Å². The van der Waals surface area contributed by atoms with Gasteiger partial charge in [-0.05, 0) is 29.8 Å². The number of ether oxygens (including phenoxy) is 3. The molecule has 0 aliphatic heterocycles. The van der Waals surface area contributed by atoms with Gasteiger partial charge in [-0.2, -0.15) is 0 Å². The zero-order chi connectivity index (χ0) is 17.7. The van der Waals surface area contributed by atoms with Crippen LogP contribution in [0.1, 0.15) is 15.9 Å². The molecule has 0 saturated heterocycles. The molecule has 1 heterocycles. The van der Waals surface area contributed by atoms with Gasteiger partial charge in [-0.25, -0.2) is 0 Å². The average molecular weight is 337 g/mol. The molecule has 3 aromatic rings. The molecule has 0 saturated carbocycles. The van der Waals surface area contributed by atoms with Crippen molar-refractivity contribution >= 4 is 16.7 Å². The minimum atomic E-state index is -0.313. The summed E-state index contributed by atoms with van der Waals surface area (Å²) in [7, 11) is 4.58. The lowest BCUT2D eigenvalue weighted by Crippen LogP contribution is -2.11. The third kappa shape index (κ3) is 2.04. The summed E-state index contributed by atoms with van der Waals surface area (Å²) in [5.41, 5.74) is 2.03. The molecular formula is C19H15NO5. The van der Waals surface area contributed by atoms with Crippen LogP contribution in [0.25, 0.3) is 22.0 Å². The van der Waals surface area contributed by atoms with Crippen molar-refractivity contribution in [1.29, 1.82) is 0 Å². The van der Waals surface area contributed by atoms with Crippen LogP contribution < -0.4 is 19.8 Å². The fourth-order valence-corrected chi connectivity index (χ4v) is 3.31. The number of rotatable bonds is 3. The highest BCUT2D eigenvalue weighted by molar-refractivity contribution is 6.27. The lowest BCUT2D eigenvalue weighted by Gasteiger charge is -2.11. The smallest absolute Gasteiger partial charge is 0.257 e. The Labute approximate surface area is 143 Å². The van der Waals surface area contributed by atoms with E-state index in [1.54, 1.807) is 30.3 Å². The summed E-state index contributed by atoms with van der Waals surface area (Å²) in [5.74, 6) is 1.34. The van der Waals surface area contributed by atoms with Crippen LogP contribution in [0.2, 0.25) is 0 Å². The number of nitrogens with one attached hydrogen (secondary N) is 1. The van der Waals surface area contributed by atoms with Crippen molar-refractivity contribution in [3.8, 4) is 28.4 Å². The van der Waals surface area contributed by atoms with Crippen molar-refractivity contribution in [3.63, 3.8) is 0 Å². The van der Waals surface area contributed by atoms with E-state index in [4.69, 9.17) is 14.2 Å². The number of ketones is 1. The number of methoxy groups -OCH3 is 3. The van der Waals surface area contributed by atoms with Crippen LogP contribution in [-0.4, -0.2) is 32.1 Å². The third-order valence-corrected chi connectivity index (χ3v) is 4.49. The van der Waals surface area contributed by atoms with Crippen LogP contribution in [0, 0.1) is 0 Å². The highest BCUT2D eigenvalue weighted by Gasteiger charge is 2.32. The fraction of sp³-hybridized carbons (Fsp3) is 0.158. The number of carbonyl (C=O) groups is 1. The Balaban J connectivity index is 2.09. The predicted molar refractivity (Wildman–Crippen MR) is 93.1 cm³/mol. The molecule has 0 bridgehead atoms. The highest BCUT2D eigenvalue weighted by atomic mass is 16.5. The Hall–Kier alpha value is -3.28. The number of aromatic nitrogens is 1. The topological polar surface area (TPSA) is 77.6 Å². The van der Waals surface area contributed by atoms with Gasteiger partial charge in [0.25, 0.3) is 5.56 Å².